The van der Waals surface area contributed by atoms with Gasteiger partial charge in [-0.05, 0) is 23.8 Å². The van der Waals surface area contributed by atoms with Gasteiger partial charge in [0, 0.05) is 29.9 Å². The maximum absolute atomic E-state index is 12.8. The highest BCUT2D eigenvalue weighted by molar-refractivity contribution is 7.23. The summed E-state index contributed by atoms with van der Waals surface area (Å²) in [6, 6.07) is 12.6. The van der Waals surface area contributed by atoms with Crippen molar-refractivity contribution in [2.45, 2.75) is 13.0 Å². The lowest BCUT2D eigenvalue weighted by Gasteiger charge is -2.08. The molecule has 0 bridgehead atoms. The van der Waals surface area contributed by atoms with Crippen LogP contribution in [0, 0.1) is 11.3 Å². The van der Waals surface area contributed by atoms with E-state index in [4.69, 9.17) is 10.5 Å². The van der Waals surface area contributed by atoms with E-state index in [0.29, 0.717) is 48.4 Å². The third kappa shape index (κ3) is 3.82. The Balaban J connectivity index is 1.72. The van der Waals surface area contributed by atoms with E-state index >= 15 is 0 Å². The smallest absolute Gasteiger partial charge is 0.272 e. The number of H-pyrrole nitrogens is 1. The summed E-state index contributed by atoms with van der Waals surface area (Å²) in [5.41, 5.74) is 8.63. The van der Waals surface area contributed by atoms with Crippen molar-refractivity contribution < 1.29 is 13.5 Å². The maximum Gasteiger partial charge on any atom is 0.272 e. The number of nitrogens with two attached hydrogens (primary N) is 1. The highest BCUT2D eigenvalue weighted by Crippen LogP contribution is 2.45. The van der Waals surface area contributed by atoms with Gasteiger partial charge in [0.1, 0.15) is 18.4 Å². The van der Waals surface area contributed by atoms with E-state index in [0.717, 1.165) is 11.1 Å². The van der Waals surface area contributed by atoms with Gasteiger partial charge in [-0.15, -0.1) is 11.3 Å². The highest BCUT2D eigenvalue weighted by atomic mass is 32.1. The molecule has 0 atom stereocenters. The third-order valence-corrected chi connectivity index (χ3v) is 6.91. The van der Waals surface area contributed by atoms with E-state index in [1.54, 1.807) is 48.3 Å². The van der Waals surface area contributed by atoms with Gasteiger partial charge in [0.05, 0.1) is 38.1 Å². The second kappa shape index (κ2) is 8.90. The number of hydrogen-bond acceptors (Lipinski definition) is 7. The fraction of sp³-hybridized carbons (Fsp3) is 0.167. The number of nitrogens with one attached hydrogen (secondary N) is 1. The van der Waals surface area contributed by atoms with Crippen LogP contribution in [0.3, 0.4) is 0 Å². The average molecular weight is 493 g/mol. The minimum absolute atomic E-state index is 0.146. The first-order valence-electron chi connectivity index (χ1n) is 10.5. The van der Waals surface area contributed by atoms with Crippen molar-refractivity contribution in [3.05, 3.63) is 64.2 Å². The lowest BCUT2D eigenvalue weighted by Crippen LogP contribution is -2.13. The first kappa shape index (κ1) is 22.6. The number of halogens is 2. The third-order valence-electron chi connectivity index (χ3n) is 5.68. The van der Waals surface area contributed by atoms with Gasteiger partial charge in [-0.1, -0.05) is 18.2 Å². The summed E-state index contributed by atoms with van der Waals surface area (Å²) >= 11 is 1.28. The van der Waals surface area contributed by atoms with E-state index < -0.39 is 13.0 Å². The fourth-order valence-corrected chi connectivity index (χ4v) is 5.41. The van der Waals surface area contributed by atoms with Crippen molar-refractivity contribution in [1.82, 2.24) is 20.0 Å². The summed E-state index contributed by atoms with van der Waals surface area (Å²) in [4.78, 5) is 12.9. The van der Waals surface area contributed by atoms with Gasteiger partial charge in [-0.25, -0.2) is 13.9 Å². The number of fused-ring (bicyclic) bond motifs is 2. The molecule has 0 unspecified atom stereocenters. The van der Waals surface area contributed by atoms with Gasteiger partial charge >= 0.3 is 0 Å². The van der Waals surface area contributed by atoms with E-state index in [2.05, 4.69) is 21.4 Å². The maximum atomic E-state index is 12.8. The molecule has 2 aromatic carbocycles. The second-order valence-corrected chi connectivity index (χ2v) is 8.77. The van der Waals surface area contributed by atoms with Crippen molar-refractivity contribution in [2.75, 3.05) is 6.61 Å². The Morgan fingerprint density at radius 1 is 1.26 bits per heavy atom. The van der Waals surface area contributed by atoms with Gasteiger partial charge in [0.15, 0.2) is 0 Å². The van der Waals surface area contributed by atoms with Crippen LogP contribution in [0.5, 0.6) is 5.75 Å². The van der Waals surface area contributed by atoms with Crippen LogP contribution in [0.15, 0.2) is 47.4 Å². The summed E-state index contributed by atoms with van der Waals surface area (Å²) in [5.74, 6) is 0.294. The summed E-state index contributed by atoms with van der Waals surface area (Å²) in [5, 5.41) is 22.6. The van der Waals surface area contributed by atoms with Crippen LogP contribution in [0.1, 0.15) is 11.3 Å². The molecule has 0 amide bonds. The minimum Gasteiger partial charge on any atom is -0.486 e. The lowest BCUT2D eigenvalue weighted by atomic mass is 9.99. The Hall–Kier alpha value is -4.14. The molecule has 0 aliphatic heterocycles. The zero-order chi connectivity index (χ0) is 24.7. The summed E-state index contributed by atoms with van der Waals surface area (Å²) < 4.78 is 33.1. The van der Waals surface area contributed by atoms with Gasteiger partial charge in [-0.2, -0.15) is 15.5 Å². The molecule has 3 N–H and O–H groups in total. The van der Waals surface area contributed by atoms with Gasteiger partial charge in [0.25, 0.3) is 12.0 Å². The molecule has 5 rings (SSSR count). The predicted octanol–water partition coefficient (Wildman–Crippen LogP) is 4.18. The molecular formula is C24H18F2N6O2S. The van der Waals surface area contributed by atoms with Crippen molar-refractivity contribution in [3.63, 3.8) is 0 Å². The normalized spacial score (nSPS) is 11.4. The van der Waals surface area contributed by atoms with E-state index in [1.165, 1.54) is 11.3 Å². The lowest BCUT2D eigenvalue weighted by molar-refractivity contribution is 0.0827. The average Bonchev–Trinajstić information content (AvgIpc) is 3.42. The highest BCUT2D eigenvalue weighted by Gasteiger charge is 2.23. The first-order valence-corrected chi connectivity index (χ1v) is 11.3. The number of benzene rings is 2. The first-order chi connectivity index (χ1) is 16.9. The van der Waals surface area contributed by atoms with Gasteiger partial charge in [-0.3, -0.25) is 9.48 Å². The molecule has 8 nitrogen and oxygen atoms in total. The van der Waals surface area contributed by atoms with Crippen molar-refractivity contribution in [1.29, 1.82) is 5.26 Å². The van der Waals surface area contributed by atoms with Crippen LogP contribution in [0.2, 0.25) is 0 Å². The molecule has 176 valence electrons. The molecule has 0 saturated carbocycles. The minimum atomic E-state index is -2.61. The number of aromatic nitrogens is 4. The molecule has 0 aliphatic rings. The molecule has 0 fully saturated rings. The molecule has 5 aromatic rings. The predicted molar refractivity (Wildman–Crippen MR) is 129 cm³/mol. The molecule has 0 saturated heterocycles. The summed E-state index contributed by atoms with van der Waals surface area (Å²) in [7, 11) is 1.76. The standard InChI is InChI=1S/C24H18F2N6O2S/c1-32-21(23-16(8-27)13-3-2-4-19(22(13)35-23)34-11-20(25)26)17(10-29-32)12-5-6-14-15(7-12)18(9-28)30-31-24(14)33/h2-7,10,20H,9,11,28H2,1H3,(H,31,33). The molecule has 11 heteroatoms. The Labute approximate surface area is 201 Å². The molecule has 35 heavy (non-hydrogen) atoms. The van der Waals surface area contributed by atoms with E-state index in [1.807, 2.05) is 6.07 Å². The number of ether oxygens (including phenoxy) is 1. The van der Waals surface area contributed by atoms with Crippen LogP contribution in [0.25, 0.3) is 42.6 Å². The van der Waals surface area contributed by atoms with Crippen LogP contribution < -0.4 is 16.0 Å². The topological polar surface area (TPSA) is 123 Å². The molecule has 0 aliphatic carbocycles. The fourth-order valence-electron chi connectivity index (χ4n) is 4.10. The molecule has 3 heterocycles. The zero-order valence-electron chi connectivity index (χ0n) is 18.4. The SMILES string of the molecule is Cn1ncc(-c2ccc3c(=O)[nH]nc(CN)c3c2)c1-c1sc2c(OCC(F)F)cccc2c1C#N. The molecule has 3 aromatic heterocycles. The summed E-state index contributed by atoms with van der Waals surface area (Å²) in [6.07, 6.45) is -0.935. The van der Waals surface area contributed by atoms with Crippen LogP contribution in [-0.4, -0.2) is 33.0 Å². The number of nitriles is 1. The Bertz CT molecular complexity index is 1680. The Morgan fingerprint density at radius 2 is 2.09 bits per heavy atom. The van der Waals surface area contributed by atoms with Crippen LogP contribution in [-0.2, 0) is 13.6 Å². The zero-order valence-corrected chi connectivity index (χ0v) is 19.2. The number of alkyl halides is 2. The number of aryl methyl sites for hydroxylation is 1. The Kier molecular flexibility index (Phi) is 5.76. The van der Waals surface area contributed by atoms with Gasteiger partial charge < -0.3 is 10.5 Å². The molecule has 0 spiro atoms. The number of rotatable bonds is 6. The van der Waals surface area contributed by atoms with Gasteiger partial charge in [0.2, 0.25) is 0 Å². The molecular weight excluding hydrogens is 474 g/mol. The van der Waals surface area contributed by atoms with Crippen molar-refractivity contribution in [3.8, 4) is 33.5 Å². The van der Waals surface area contributed by atoms with Crippen LogP contribution >= 0.6 is 11.3 Å². The second-order valence-electron chi connectivity index (χ2n) is 7.75. The van der Waals surface area contributed by atoms with E-state index in [-0.39, 0.29) is 12.1 Å². The molecule has 0 radical (unpaired) electrons. The number of hydrogen-bond donors (Lipinski definition) is 2. The largest absolute Gasteiger partial charge is 0.486 e. The van der Waals surface area contributed by atoms with Crippen LogP contribution in [0.4, 0.5) is 8.78 Å². The number of aromatic amines is 1. The van der Waals surface area contributed by atoms with Crippen molar-refractivity contribution in [2.24, 2.45) is 12.8 Å². The van der Waals surface area contributed by atoms with Crippen molar-refractivity contribution >= 4 is 32.2 Å². The monoisotopic (exact) mass is 492 g/mol. The van der Waals surface area contributed by atoms with E-state index in [9.17, 15) is 18.8 Å². The quantitative estimate of drug-likeness (QED) is 0.367. The summed E-state index contributed by atoms with van der Waals surface area (Å²) in [6.45, 7) is -0.591. The number of nitrogens with zero attached hydrogens (tertiary/aromatic N) is 4. The number of thiophene rings is 1. The Morgan fingerprint density at radius 3 is 2.83 bits per heavy atom.